The fraction of sp³-hybridized carbons (Fsp3) is 0.522. The van der Waals surface area contributed by atoms with Crippen LogP contribution in [0.25, 0.3) is 0 Å². The largest absolute Gasteiger partial charge is 0.345 e. The average Bonchev–Trinajstić information content (AvgIpc) is 3.12. The Morgan fingerprint density at radius 3 is 2.70 bits per heavy atom. The van der Waals surface area contributed by atoms with Crippen LogP contribution in [-0.4, -0.2) is 21.4 Å². The van der Waals surface area contributed by atoms with Crippen molar-refractivity contribution in [2.45, 2.75) is 71.5 Å². The van der Waals surface area contributed by atoms with Gasteiger partial charge in [-0.3, -0.25) is 4.79 Å². The summed E-state index contributed by atoms with van der Waals surface area (Å²) in [5.41, 5.74) is 2.35. The third-order valence-corrected chi connectivity index (χ3v) is 6.09. The van der Waals surface area contributed by atoms with Gasteiger partial charge in [0.05, 0.1) is 6.54 Å². The van der Waals surface area contributed by atoms with E-state index in [1.165, 1.54) is 30.5 Å². The van der Waals surface area contributed by atoms with Crippen LogP contribution in [0.2, 0.25) is 5.02 Å². The van der Waals surface area contributed by atoms with E-state index in [0.717, 1.165) is 30.8 Å². The molecule has 4 heteroatoms. The summed E-state index contributed by atoms with van der Waals surface area (Å²) in [7, 11) is 0. The van der Waals surface area contributed by atoms with E-state index in [4.69, 9.17) is 11.6 Å². The highest BCUT2D eigenvalue weighted by Gasteiger charge is 2.28. The van der Waals surface area contributed by atoms with Crippen LogP contribution < -0.4 is 0 Å². The molecular weight excluding hydrogens is 356 g/mol. The maximum absolute atomic E-state index is 13.2. The average molecular weight is 387 g/mol. The third kappa shape index (κ3) is 5.16. The molecule has 1 atom stereocenters. The van der Waals surface area contributed by atoms with Crippen LogP contribution in [0.1, 0.15) is 63.6 Å². The van der Waals surface area contributed by atoms with Crippen LogP contribution in [0.3, 0.4) is 0 Å². The number of hydrogen-bond donors (Lipinski definition) is 0. The SMILES string of the molecule is CCC(C)N(Cc1cccn1Cc1cccc(Cl)c1)C(=O)C1CCCCC1. The molecule has 1 aliphatic carbocycles. The Labute approximate surface area is 168 Å². The Morgan fingerprint density at radius 2 is 2.00 bits per heavy atom. The van der Waals surface area contributed by atoms with Crippen LogP contribution in [0.4, 0.5) is 0 Å². The molecule has 0 bridgehead atoms. The van der Waals surface area contributed by atoms with Gasteiger partial charge in [-0.2, -0.15) is 0 Å². The molecule has 1 unspecified atom stereocenters. The van der Waals surface area contributed by atoms with Crippen LogP contribution in [0, 0.1) is 5.92 Å². The van der Waals surface area contributed by atoms with Crippen molar-refractivity contribution in [2.75, 3.05) is 0 Å². The molecule has 1 aromatic carbocycles. The Balaban J connectivity index is 1.76. The summed E-state index contributed by atoms with van der Waals surface area (Å²) in [5, 5.41) is 0.759. The van der Waals surface area contributed by atoms with Crippen LogP contribution >= 0.6 is 11.6 Å². The number of carbonyl (C=O) groups excluding carboxylic acids is 1. The number of halogens is 1. The van der Waals surface area contributed by atoms with Crippen molar-refractivity contribution in [3.8, 4) is 0 Å². The highest BCUT2D eigenvalue weighted by atomic mass is 35.5. The first-order chi connectivity index (χ1) is 13.1. The summed E-state index contributed by atoms with van der Waals surface area (Å²) >= 11 is 6.13. The first-order valence-electron chi connectivity index (χ1n) is 10.3. The zero-order valence-electron chi connectivity index (χ0n) is 16.5. The molecule has 1 aromatic heterocycles. The second-order valence-electron chi connectivity index (χ2n) is 7.82. The number of nitrogens with zero attached hydrogens (tertiary/aromatic N) is 2. The summed E-state index contributed by atoms with van der Waals surface area (Å²) in [6, 6.07) is 12.4. The maximum atomic E-state index is 13.2. The highest BCUT2D eigenvalue weighted by Crippen LogP contribution is 2.27. The minimum Gasteiger partial charge on any atom is -0.345 e. The van der Waals surface area contributed by atoms with E-state index < -0.39 is 0 Å². The van der Waals surface area contributed by atoms with Crippen molar-refractivity contribution in [3.05, 3.63) is 58.9 Å². The zero-order valence-corrected chi connectivity index (χ0v) is 17.3. The minimum atomic E-state index is 0.212. The van der Waals surface area contributed by atoms with Gasteiger partial charge in [0, 0.05) is 35.4 Å². The Morgan fingerprint density at radius 1 is 1.22 bits per heavy atom. The zero-order chi connectivity index (χ0) is 19.2. The molecule has 2 aromatic rings. The summed E-state index contributed by atoms with van der Waals surface area (Å²) in [6.45, 7) is 5.79. The molecule has 1 amide bonds. The number of benzene rings is 1. The molecule has 0 radical (unpaired) electrons. The van der Waals surface area contributed by atoms with Gasteiger partial charge in [0.25, 0.3) is 0 Å². The van der Waals surface area contributed by atoms with Crippen molar-refractivity contribution in [1.29, 1.82) is 0 Å². The second kappa shape index (κ2) is 9.45. The topological polar surface area (TPSA) is 25.2 Å². The lowest BCUT2D eigenvalue weighted by atomic mass is 9.88. The van der Waals surface area contributed by atoms with Gasteiger partial charge in [-0.1, -0.05) is 49.9 Å². The van der Waals surface area contributed by atoms with Gasteiger partial charge >= 0.3 is 0 Å². The maximum Gasteiger partial charge on any atom is 0.226 e. The predicted molar refractivity (Wildman–Crippen MR) is 112 cm³/mol. The highest BCUT2D eigenvalue weighted by molar-refractivity contribution is 6.30. The van der Waals surface area contributed by atoms with E-state index >= 15 is 0 Å². The van der Waals surface area contributed by atoms with E-state index in [1.807, 2.05) is 18.2 Å². The molecule has 3 nitrogen and oxygen atoms in total. The quantitative estimate of drug-likeness (QED) is 0.581. The molecule has 1 heterocycles. The number of rotatable bonds is 7. The lowest BCUT2D eigenvalue weighted by Crippen LogP contribution is -2.42. The Hall–Kier alpha value is -1.74. The molecule has 146 valence electrons. The van der Waals surface area contributed by atoms with E-state index in [0.29, 0.717) is 12.5 Å². The molecule has 0 spiro atoms. The Kier molecular flexibility index (Phi) is 7.01. The smallest absolute Gasteiger partial charge is 0.226 e. The molecule has 0 saturated heterocycles. The van der Waals surface area contributed by atoms with E-state index in [2.05, 4.69) is 47.7 Å². The first kappa shape index (κ1) is 20.0. The Bertz CT molecular complexity index is 748. The molecule has 27 heavy (non-hydrogen) atoms. The lowest BCUT2D eigenvalue weighted by Gasteiger charge is -2.33. The first-order valence-corrected chi connectivity index (χ1v) is 10.6. The van der Waals surface area contributed by atoms with Crippen molar-refractivity contribution in [2.24, 2.45) is 5.92 Å². The van der Waals surface area contributed by atoms with Crippen LogP contribution in [-0.2, 0) is 17.9 Å². The van der Waals surface area contributed by atoms with Gasteiger partial charge in [-0.25, -0.2) is 0 Å². The summed E-state index contributed by atoms with van der Waals surface area (Å²) in [6.07, 6.45) is 8.83. The van der Waals surface area contributed by atoms with Gasteiger partial charge in [-0.05, 0) is 56.0 Å². The van der Waals surface area contributed by atoms with Gasteiger partial charge in [0.2, 0.25) is 5.91 Å². The normalized spacial score (nSPS) is 16.3. The van der Waals surface area contributed by atoms with Crippen molar-refractivity contribution < 1.29 is 4.79 Å². The van der Waals surface area contributed by atoms with Crippen LogP contribution in [0.15, 0.2) is 42.6 Å². The molecule has 0 aliphatic heterocycles. The second-order valence-corrected chi connectivity index (χ2v) is 8.25. The molecule has 1 saturated carbocycles. The summed E-state index contributed by atoms with van der Waals surface area (Å²) in [5.74, 6) is 0.559. The fourth-order valence-electron chi connectivity index (χ4n) is 4.01. The number of amides is 1. The number of carbonyl (C=O) groups is 1. The molecule has 3 rings (SSSR count). The van der Waals surface area contributed by atoms with Gasteiger partial charge < -0.3 is 9.47 Å². The summed E-state index contributed by atoms with van der Waals surface area (Å²) in [4.78, 5) is 15.3. The molecule has 1 fully saturated rings. The molecular formula is C23H31ClN2O. The van der Waals surface area contributed by atoms with Crippen molar-refractivity contribution >= 4 is 17.5 Å². The number of aromatic nitrogens is 1. The minimum absolute atomic E-state index is 0.212. The van der Waals surface area contributed by atoms with Gasteiger partial charge in [-0.15, -0.1) is 0 Å². The van der Waals surface area contributed by atoms with E-state index in [9.17, 15) is 4.79 Å². The third-order valence-electron chi connectivity index (χ3n) is 5.86. The summed E-state index contributed by atoms with van der Waals surface area (Å²) < 4.78 is 2.23. The van der Waals surface area contributed by atoms with Crippen molar-refractivity contribution in [1.82, 2.24) is 9.47 Å². The van der Waals surface area contributed by atoms with Gasteiger partial charge in [0.1, 0.15) is 0 Å². The predicted octanol–water partition coefficient (Wildman–Crippen LogP) is 5.90. The van der Waals surface area contributed by atoms with E-state index in [1.54, 1.807) is 0 Å². The van der Waals surface area contributed by atoms with Crippen molar-refractivity contribution in [3.63, 3.8) is 0 Å². The standard InChI is InChI=1S/C23H31ClN2O/c1-3-18(2)26(23(27)20-10-5-4-6-11-20)17-22-13-8-14-25(22)16-19-9-7-12-21(24)15-19/h7-9,12-15,18,20H,3-6,10-11,16-17H2,1-2H3. The monoisotopic (exact) mass is 386 g/mol. The lowest BCUT2D eigenvalue weighted by molar-refractivity contribution is -0.139. The van der Waals surface area contributed by atoms with E-state index in [-0.39, 0.29) is 12.0 Å². The van der Waals surface area contributed by atoms with Gasteiger partial charge in [0.15, 0.2) is 0 Å². The number of hydrogen-bond acceptors (Lipinski definition) is 1. The molecule has 1 aliphatic rings. The molecule has 0 N–H and O–H groups in total. The van der Waals surface area contributed by atoms with Crippen LogP contribution in [0.5, 0.6) is 0 Å². The fourth-order valence-corrected chi connectivity index (χ4v) is 4.22.